The highest BCUT2D eigenvalue weighted by molar-refractivity contribution is 8.93. The van der Waals surface area contributed by atoms with Gasteiger partial charge in [-0.05, 0) is 26.0 Å². The van der Waals surface area contributed by atoms with E-state index >= 15 is 0 Å². The third-order valence-electron chi connectivity index (χ3n) is 2.84. The molecule has 4 nitrogen and oxygen atoms in total. The first-order chi connectivity index (χ1) is 7.68. The minimum absolute atomic E-state index is 0. The maximum absolute atomic E-state index is 11.9. The molecule has 2 heterocycles. The summed E-state index contributed by atoms with van der Waals surface area (Å²) in [5, 5.41) is 3.21. The van der Waals surface area contributed by atoms with E-state index in [0.717, 1.165) is 11.4 Å². The lowest BCUT2D eigenvalue weighted by molar-refractivity contribution is 0.0947. The highest BCUT2D eigenvalue weighted by atomic mass is 79.9. The van der Waals surface area contributed by atoms with E-state index in [9.17, 15) is 4.79 Å². The van der Waals surface area contributed by atoms with E-state index in [1.807, 2.05) is 30.9 Å². The second kappa shape index (κ2) is 5.82. The first-order valence-corrected chi connectivity index (χ1v) is 5.29. The lowest BCUT2D eigenvalue weighted by Crippen LogP contribution is -2.29. The number of carbonyl (C=O) groups is 1. The van der Waals surface area contributed by atoms with Crippen molar-refractivity contribution in [3.8, 4) is 0 Å². The summed E-state index contributed by atoms with van der Waals surface area (Å²) in [5.74, 6) is 0.0523. The van der Waals surface area contributed by atoms with Gasteiger partial charge in [-0.1, -0.05) is 6.07 Å². The number of pyridine rings is 1. The van der Waals surface area contributed by atoms with Gasteiger partial charge in [-0.15, -0.1) is 17.0 Å². The Morgan fingerprint density at radius 1 is 1.47 bits per heavy atom. The lowest BCUT2D eigenvalue weighted by Gasteiger charge is -2.17. The minimum Gasteiger partial charge on any atom is -0.370 e. The van der Waals surface area contributed by atoms with E-state index in [1.54, 1.807) is 12.3 Å². The summed E-state index contributed by atoms with van der Waals surface area (Å²) in [6.07, 6.45) is 1.64. The van der Waals surface area contributed by atoms with Gasteiger partial charge in [0, 0.05) is 17.6 Å². The Balaban J connectivity index is 0.00000144. The molecule has 17 heavy (non-hydrogen) atoms. The Kier molecular flexibility index (Phi) is 4.69. The summed E-state index contributed by atoms with van der Waals surface area (Å²) in [4.78, 5) is 18.0. The smallest absolute Gasteiger partial charge is 0.200 e. The number of allylic oxidation sites excluding steroid dienone is 2. The van der Waals surface area contributed by atoms with Crippen LogP contribution in [-0.2, 0) is 0 Å². The lowest BCUT2D eigenvalue weighted by atomic mass is 10.2. The number of ketones is 1. The maximum atomic E-state index is 11.9. The van der Waals surface area contributed by atoms with Crippen LogP contribution in [0, 0.1) is 0 Å². The molecular weight excluding hydrogens is 282 g/mol. The fraction of sp³-hybridized carbons (Fsp3) is 0.333. The van der Waals surface area contributed by atoms with Crippen molar-refractivity contribution in [1.82, 2.24) is 15.2 Å². The van der Waals surface area contributed by atoms with Gasteiger partial charge in [0.2, 0.25) is 0 Å². The average molecular weight is 298 g/mol. The SMILES string of the molecule is Br.CC1=C(C)N(CC(=O)c2ccccn2)CN1. The van der Waals surface area contributed by atoms with Gasteiger partial charge in [-0.25, -0.2) is 0 Å². The first-order valence-electron chi connectivity index (χ1n) is 5.29. The van der Waals surface area contributed by atoms with Gasteiger partial charge in [0.1, 0.15) is 5.69 Å². The summed E-state index contributed by atoms with van der Waals surface area (Å²) in [6, 6.07) is 5.39. The van der Waals surface area contributed by atoms with Crippen molar-refractivity contribution >= 4 is 22.8 Å². The van der Waals surface area contributed by atoms with Gasteiger partial charge in [-0.2, -0.15) is 0 Å². The minimum atomic E-state index is 0. The quantitative estimate of drug-likeness (QED) is 0.867. The molecule has 0 amide bonds. The van der Waals surface area contributed by atoms with Gasteiger partial charge in [0.05, 0.1) is 13.2 Å². The highest BCUT2D eigenvalue weighted by Crippen LogP contribution is 2.13. The maximum Gasteiger partial charge on any atom is 0.200 e. The van der Waals surface area contributed by atoms with E-state index < -0.39 is 0 Å². The number of nitrogens with one attached hydrogen (secondary N) is 1. The van der Waals surface area contributed by atoms with Crippen molar-refractivity contribution < 1.29 is 4.79 Å². The summed E-state index contributed by atoms with van der Waals surface area (Å²) in [7, 11) is 0. The van der Waals surface area contributed by atoms with Crippen molar-refractivity contribution in [2.75, 3.05) is 13.2 Å². The van der Waals surface area contributed by atoms with Gasteiger partial charge in [-0.3, -0.25) is 9.78 Å². The first kappa shape index (κ1) is 13.7. The predicted molar refractivity (Wildman–Crippen MR) is 72.0 cm³/mol. The molecular formula is C12H16BrN3O. The van der Waals surface area contributed by atoms with Crippen LogP contribution in [-0.4, -0.2) is 28.9 Å². The molecule has 1 aliphatic heterocycles. The van der Waals surface area contributed by atoms with Crippen molar-refractivity contribution in [2.45, 2.75) is 13.8 Å². The summed E-state index contributed by atoms with van der Waals surface area (Å²) in [5.41, 5.74) is 2.79. The molecule has 0 atom stereocenters. The summed E-state index contributed by atoms with van der Waals surface area (Å²) in [6.45, 7) is 5.12. The van der Waals surface area contributed by atoms with Crippen LogP contribution in [0.3, 0.4) is 0 Å². The molecule has 1 aromatic heterocycles. The zero-order valence-corrected chi connectivity index (χ0v) is 11.6. The number of Topliss-reactive ketones (excluding diaryl/α,β-unsaturated/α-hetero) is 1. The van der Waals surface area contributed by atoms with E-state index in [1.165, 1.54) is 0 Å². The van der Waals surface area contributed by atoms with Crippen LogP contribution in [0.5, 0.6) is 0 Å². The van der Waals surface area contributed by atoms with Gasteiger partial charge >= 0.3 is 0 Å². The van der Waals surface area contributed by atoms with Crippen molar-refractivity contribution in [3.05, 3.63) is 41.5 Å². The van der Waals surface area contributed by atoms with Crippen LogP contribution in [0.2, 0.25) is 0 Å². The largest absolute Gasteiger partial charge is 0.370 e. The number of halogens is 1. The zero-order chi connectivity index (χ0) is 11.5. The van der Waals surface area contributed by atoms with Crippen LogP contribution >= 0.6 is 17.0 Å². The van der Waals surface area contributed by atoms with E-state index in [-0.39, 0.29) is 22.8 Å². The molecule has 0 unspecified atom stereocenters. The Bertz CT molecular complexity index is 431. The molecule has 92 valence electrons. The second-order valence-electron chi connectivity index (χ2n) is 3.88. The number of hydrogen-bond acceptors (Lipinski definition) is 4. The molecule has 1 N–H and O–H groups in total. The third-order valence-corrected chi connectivity index (χ3v) is 2.84. The molecule has 0 bridgehead atoms. The van der Waals surface area contributed by atoms with Crippen LogP contribution in [0.25, 0.3) is 0 Å². The van der Waals surface area contributed by atoms with Crippen LogP contribution < -0.4 is 5.32 Å². The van der Waals surface area contributed by atoms with E-state index in [4.69, 9.17) is 0 Å². The molecule has 0 fully saturated rings. The molecule has 1 aliphatic rings. The van der Waals surface area contributed by atoms with Gasteiger partial charge < -0.3 is 10.2 Å². The second-order valence-corrected chi connectivity index (χ2v) is 3.88. The number of nitrogens with zero attached hydrogens (tertiary/aromatic N) is 2. The molecule has 0 aromatic carbocycles. The highest BCUT2D eigenvalue weighted by Gasteiger charge is 2.19. The Morgan fingerprint density at radius 2 is 2.24 bits per heavy atom. The topological polar surface area (TPSA) is 45.2 Å². The Hall–Kier alpha value is -1.36. The molecule has 0 spiro atoms. The van der Waals surface area contributed by atoms with Crippen molar-refractivity contribution in [2.24, 2.45) is 0 Å². The number of aromatic nitrogens is 1. The monoisotopic (exact) mass is 297 g/mol. The third kappa shape index (κ3) is 3.06. The summed E-state index contributed by atoms with van der Waals surface area (Å²) >= 11 is 0. The normalized spacial score (nSPS) is 14.4. The molecule has 0 saturated heterocycles. The molecule has 2 rings (SSSR count). The number of rotatable bonds is 3. The van der Waals surface area contributed by atoms with E-state index in [2.05, 4.69) is 10.3 Å². The molecule has 1 aromatic rings. The van der Waals surface area contributed by atoms with Crippen LogP contribution in [0.15, 0.2) is 35.8 Å². The number of hydrogen-bond donors (Lipinski definition) is 1. The Morgan fingerprint density at radius 3 is 2.76 bits per heavy atom. The molecule has 0 saturated carbocycles. The predicted octanol–water partition coefficient (Wildman–Crippen LogP) is 1.96. The zero-order valence-electron chi connectivity index (χ0n) is 9.93. The van der Waals surface area contributed by atoms with Crippen molar-refractivity contribution in [1.29, 1.82) is 0 Å². The Labute approximate surface area is 111 Å². The standard InChI is InChI=1S/C12H15N3O.BrH/c1-9-10(2)15(8-14-9)7-12(16)11-5-3-4-6-13-11;/h3-6,14H,7-8H2,1-2H3;1H. The molecule has 0 aliphatic carbocycles. The average Bonchev–Trinajstić information content (AvgIpc) is 2.62. The summed E-state index contributed by atoms with van der Waals surface area (Å²) < 4.78 is 0. The fourth-order valence-corrected chi connectivity index (χ4v) is 1.65. The van der Waals surface area contributed by atoms with E-state index in [0.29, 0.717) is 18.9 Å². The molecule has 0 radical (unpaired) electrons. The fourth-order valence-electron chi connectivity index (χ4n) is 1.65. The van der Waals surface area contributed by atoms with Crippen LogP contribution in [0.1, 0.15) is 24.3 Å². The van der Waals surface area contributed by atoms with Gasteiger partial charge in [0.25, 0.3) is 0 Å². The number of carbonyl (C=O) groups excluding carboxylic acids is 1. The van der Waals surface area contributed by atoms with Crippen LogP contribution in [0.4, 0.5) is 0 Å². The molecule has 5 heteroatoms. The van der Waals surface area contributed by atoms with Crippen molar-refractivity contribution in [3.63, 3.8) is 0 Å². The van der Waals surface area contributed by atoms with Gasteiger partial charge in [0.15, 0.2) is 5.78 Å².